The fraction of sp³-hybridized carbons (Fsp3) is 0.294. The van der Waals surface area contributed by atoms with Crippen LogP contribution in [0.3, 0.4) is 0 Å². The largest absolute Gasteiger partial charge is 0.307 e. The van der Waals surface area contributed by atoms with Gasteiger partial charge in [0.05, 0.1) is 0 Å². The van der Waals surface area contributed by atoms with Crippen LogP contribution in [-0.4, -0.2) is 6.04 Å². The first-order valence-electron chi connectivity index (χ1n) is 6.91. The Morgan fingerprint density at radius 2 is 1.81 bits per heavy atom. The SMILES string of the molecule is CC(Cc1ccc(F)cc1)NC(C)c1ccc(Br)cc1Cl. The second kappa shape index (κ2) is 7.39. The predicted octanol–water partition coefficient (Wildman–Crippen LogP) is 5.52. The topological polar surface area (TPSA) is 12.0 Å². The molecule has 2 rings (SSSR count). The molecule has 2 atom stereocenters. The maximum Gasteiger partial charge on any atom is 0.123 e. The van der Waals surface area contributed by atoms with Crippen LogP contribution in [-0.2, 0) is 6.42 Å². The van der Waals surface area contributed by atoms with Crippen LogP contribution in [0.1, 0.15) is 31.0 Å². The lowest BCUT2D eigenvalue weighted by molar-refractivity contribution is 0.477. The van der Waals surface area contributed by atoms with Gasteiger partial charge in [-0.05, 0) is 55.7 Å². The Balaban J connectivity index is 1.98. The first kappa shape index (κ1) is 16.5. The smallest absolute Gasteiger partial charge is 0.123 e. The highest BCUT2D eigenvalue weighted by Crippen LogP contribution is 2.26. The van der Waals surface area contributed by atoms with Gasteiger partial charge >= 0.3 is 0 Å². The molecule has 0 bridgehead atoms. The van der Waals surface area contributed by atoms with Gasteiger partial charge in [-0.2, -0.15) is 0 Å². The van der Waals surface area contributed by atoms with Crippen LogP contribution in [0.15, 0.2) is 46.9 Å². The maximum absolute atomic E-state index is 12.9. The molecular weight excluding hydrogens is 353 g/mol. The van der Waals surface area contributed by atoms with Crippen molar-refractivity contribution in [3.05, 3.63) is 68.9 Å². The first-order valence-corrected chi connectivity index (χ1v) is 8.08. The van der Waals surface area contributed by atoms with Crippen LogP contribution >= 0.6 is 27.5 Å². The van der Waals surface area contributed by atoms with Gasteiger partial charge in [-0.3, -0.25) is 0 Å². The van der Waals surface area contributed by atoms with E-state index in [1.807, 2.05) is 30.3 Å². The average molecular weight is 371 g/mol. The molecule has 1 nitrogen and oxygen atoms in total. The molecule has 0 aromatic heterocycles. The van der Waals surface area contributed by atoms with E-state index >= 15 is 0 Å². The Labute approximate surface area is 138 Å². The van der Waals surface area contributed by atoms with Crippen molar-refractivity contribution in [3.63, 3.8) is 0 Å². The zero-order chi connectivity index (χ0) is 15.4. The zero-order valence-corrected chi connectivity index (χ0v) is 14.4. The van der Waals surface area contributed by atoms with Crippen LogP contribution < -0.4 is 5.32 Å². The quantitative estimate of drug-likeness (QED) is 0.730. The number of nitrogens with one attached hydrogen (secondary N) is 1. The van der Waals surface area contributed by atoms with Crippen LogP contribution in [0.2, 0.25) is 5.02 Å². The van der Waals surface area contributed by atoms with Crippen molar-refractivity contribution in [3.8, 4) is 0 Å². The molecule has 0 aliphatic carbocycles. The molecule has 4 heteroatoms. The molecule has 0 aliphatic heterocycles. The van der Waals surface area contributed by atoms with E-state index in [4.69, 9.17) is 11.6 Å². The van der Waals surface area contributed by atoms with Gasteiger partial charge in [0.2, 0.25) is 0 Å². The van der Waals surface area contributed by atoms with Crippen molar-refractivity contribution >= 4 is 27.5 Å². The predicted molar refractivity (Wildman–Crippen MR) is 90.3 cm³/mol. The molecule has 0 saturated carbocycles. The summed E-state index contributed by atoms with van der Waals surface area (Å²) in [6, 6.07) is 13.0. The third kappa shape index (κ3) is 4.80. The van der Waals surface area contributed by atoms with E-state index in [1.54, 1.807) is 0 Å². The molecule has 0 aliphatic rings. The summed E-state index contributed by atoms with van der Waals surface area (Å²) in [5.74, 6) is -0.200. The normalized spacial score (nSPS) is 14.0. The highest BCUT2D eigenvalue weighted by atomic mass is 79.9. The van der Waals surface area contributed by atoms with Crippen LogP contribution in [0, 0.1) is 5.82 Å². The fourth-order valence-electron chi connectivity index (χ4n) is 2.40. The second-order valence-corrected chi connectivity index (χ2v) is 6.61. The molecule has 0 radical (unpaired) electrons. The van der Waals surface area contributed by atoms with E-state index in [2.05, 4.69) is 35.1 Å². The van der Waals surface area contributed by atoms with Crippen LogP contribution in [0.5, 0.6) is 0 Å². The van der Waals surface area contributed by atoms with Gasteiger partial charge in [0.15, 0.2) is 0 Å². The summed E-state index contributed by atoms with van der Waals surface area (Å²) < 4.78 is 13.9. The minimum absolute atomic E-state index is 0.154. The molecule has 112 valence electrons. The molecule has 1 N–H and O–H groups in total. The number of halogens is 3. The summed E-state index contributed by atoms with van der Waals surface area (Å²) in [5.41, 5.74) is 2.19. The van der Waals surface area contributed by atoms with Gasteiger partial charge in [-0.1, -0.05) is 45.7 Å². The molecular formula is C17H18BrClFN. The standard InChI is InChI=1S/C17H18BrClFN/c1-11(9-13-3-6-15(20)7-4-13)21-12(2)16-8-5-14(18)10-17(16)19/h3-8,10-12,21H,9H2,1-2H3. The van der Waals surface area contributed by atoms with E-state index in [-0.39, 0.29) is 17.9 Å². The lowest BCUT2D eigenvalue weighted by Gasteiger charge is -2.21. The monoisotopic (exact) mass is 369 g/mol. The summed E-state index contributed by atoms with van der Waals surface area (Å²) in [6.45, 7) is 4.21. The summed E-state index contributed by atoms with van der Waals surface area (Å²) in [5, 5.41) is 4.27. The Hall–Kier alpha value is -0.900. The Morgan fingerprint density at radius 3 is 2.43 bits per heavy atom. The van der Waals surface area contributed by atoms with Crippen molar-refractivity contribution in [1.82, 2.24) is 5.32 Å². The maximum atomic E-state index is 12.9. The Kier molecular flexibility index (Phi) is 5.80. The molecule has 2 unspecified atom stereocenters. The summed E-state index contributed by atoms with van der Waals surface area (Å²) in [7, 11) is 0. The molecule has 0 saturated heterocycles. The van der Waals surface area contributed by atoms with Gasteiger partial charge < -0.3 is 5.32 Å². The summed E-state index contributed by atoms with van der Waals surface area (Å²) >= 11 is 9.68. The van der Waals surface area contributed by atoms with E-state index in [0.29, 0.717) is 0 Å². The van der Waals surface area contributed by atoms with Gasteiger partial charge in [0.1, 0.15) is 5.82 Å². The lowest BCUT2D eigenvalue weighted by Crippen LogP contribution is -2.30. The minimum atomic E-state index is -0.200. The van der Waals surface area contributed by atoms with Crippen molar-refractivity contribution in [2.75, 3.05) is 0 Å². The molecule has 2 aromatic carbocycles. The third-order valence-electron chi connectivity index (χ3n) is 3.42. The summed E-state index contributed by atoms with van der Waals surface area (Å²) in [6.07, 6.45) is 0.846. The van der Waals surface area contributed by atoms with Crippen LogP contribution in [0.4, 0.5) is 4.39 Å². The van der Waals surface area contributed by atoms with E-state index in [9.17, 15) is 4.39 Å². The fourth-order valence-corrected chi connectivity index (χ4v) is 3.24. The van der Waals surface area contributed by atoms with Gasteiger partial charge in [0, 0.05) is 21.6 Å². The van der Waals surface area contributed by atoms with Gasteiger partial charge in [-0.25, -0.2) is 4.39 Å². The Morgan fingerprint density at radius 1 is 1.14 bits per heavy atom. The molecule has 0 amide bonds. The van der Waals surface area contributed by atoms with Crippen molar-refractivity contribution in [2.45, 2.75) is 32.4 Å². The molecule has 0 spiro atoms. The van der Waals surface area contributed by atoms with E-state index in [1.165, 1.54) is 12.1 Å². The van der Waals surface area contributed by atoms with Gasteiger partial charge in [-0.15, -0.1) is 0 Å². The van der Waals surface area contributed by atoms with E-state index < -0.39 is 0 Å². The van der Waals surface area contributed by atoms with Crippen molar-refractivity contribution < 1.29 is 4.39 Å². The lowest BCUT2D eigenvalue weighted by atomic mass is 10.0. The highest BCUT2D eigenvalue weighted by molar-refractivity contribution is 9.10. The molecule has 0 heterocycles. The number of rotatable bonds is 5. The van der Waals surface area contributed by atoms with E-state index in [0.717, 1.165) is 27.0 Å². The molecule has 2 aromatic rings. The Bertz CT molecular complexity index is 600. The van der Waals surface area contributed by atoms with Crippen LogP contribution in [0.25, 0.3) is 0 Å². The number of hydrogen-bond acceptors (Lipinski definition) is 1. The second-order valence-electron chi connectivity index (χ2n) is 5.29. The molecule has 21 heavy (non-hydrogen) atoms. The van der Waals surface area contributed by atoms with Crippen molar-refractivity contribution in [2.24, 2.45) is 0 Å². The summed E-state index contributed by atoms with van der Waals surface area (Å²) in [4.78, 5) is 0. The minimum Gasteiger partial charge on any atom is -0.307 e. The average Bonchev–Trinajstić information content (AvgIpc) is 2.41. The number of hydrogen-bond donors (Lipinski definition) is 1. The van der Waals surface area contributed by atoms with Gasteiger partial charge in [0.25, 0.3) is 0 Å². The highest BCUT2D eigenvalue weighted by Gasteiger charge is 2.13. The zero-order valence-electron chi connectivity index (χ0n) is 12.0. The molecule has 0 fully saturated rings. The van der Waals surface area contributed by atoms with Crippen molar-refractivity contribution in [1.29, 1.82) is 0 Å². The third-order valence-corrected chi connectivity index (χ3v) is 4.24. The first-order chi connectivity index (χ1) is 9.95. The number of benzene rings is 2.